The molecule has 0 spiro atoms. The molecule has 1 saturated carbocycles. The van der Waals surface area contributed by atoms with E-state index in [9.17, 15) is 19.2 Å². The van der Waals surface area contributed by atoms with Crippen molar-refractivity contribution in [3.63, 3.8) is 0 Å². The van der Waals surface area contributed by atoms with E-state index in [-0.39, 0.29) is 69.9 Å². The first-order valence-corrected chi connectivity index (χ1v) is 21.9. The van der Waals surface area contributed by atoms with Gasteiger partial charge in [0.2, 0.25) is 11.8 Å². The minimum absolute atomic E-state index is 0.0912. The van der Waals surface area contributed by atoms with Gasteiger partial charge in [0.1, 0.15) is 40.4 Å². The molecule has 0 radical (unpaired) electrons. The number of rotatable bonds is 12. The number of nitrogens with one attached hydrogen (secondary N) is 4. The number of aromatic amines is 2. The molecule has 63 heavy (non-hydrogen) atoms. The second kappa shape index (κ2) is 16.6. The van der Waals surface area contributed by atoms with E-state index in [1.807, 2.05) is 77.9 Å². The molecule has 332 valence electrons. The molecular formula is C47H54ClFN8O6. The fraction of sp³-hybridized carbons (Fsp3) is 0.447. The number of ether oxygens (including phenoxy) is 2. The Balaban J connectivity index is 1.04. The zero-order valence-corrected chi connectivity index (χ0v) is 37.8. The molecule has 8 atom stereocenters. The minimum Gasteiger partial charge on any atom is -0.453 e. The molecule has 2 aromatic heterocycles. The third kappa shape index (κ3) is 7.78. The lowest BCUT2D eigenvalue weighted by Crippen LogP contribution is -2.53. The van der Waals surface area contributed by atoms with Gasteiger partial charge in [0.25, 0.3) is 0 Å². The smallest absolute Gasteiger partial charge is 0.407 e. The molecule has 8 rings (SSSR count). The van der Waals surface area contributed by atoms with Crippen LogP contribution in [0.5, 0.6) is 0 Å². The van der Waals surface area contributed by atoms with Crippen molar-refractivity contribution in [1.29, 1.82) is 0 Å². The maximum absolute atomic E-state index is 16.2. The molecule has 14 nitrogen and oxygen atoms in total. The van der Waals surface area contributed by atoms with Crippen molar-refractivity contribution in [2.45, 2.75) is 92.0 Å². The van der Waals surface area contributed by atoms with Crippen LogP contribution in [-0.2, 0) is 19.1 Å². The van der Waals surface area contributed by atoms with Gasteiger partial charge in [0.15, 0.2) is 0 Å². The fourth-order valence-electron chi connectivity index (χ4n) is 9.40. The highest BCUT2D eigenvalue weighted by Crippen LogP contribution is 2.57. The summed E-state index contributed by atoms with van der Waals surface area (Å²) in [5.41, 5.74) is 5.60. The second-order valence-electron chi connectivity index (χ2n) is 17.9. The molecule has 4 N–H and O–H groups in total. The number of methoxy groups -OCH3 is 2. The van der Waals surface area contributed by atoms with Gasteiger partial charge in [-0.05, 0) is 90.3 Å². The van der Waals surface area contributed by atoms with E-state index in [0.29, 0.717) is 23.6 Å². The minimum atomic E-state index is -0.831. The topological polar surface area (TPSA) is 175 Å². The number of aromatic nitrogens is 4. The van der Waals surface area contributed by atoms with Crippen molar-refractivity contribution < 1.29 is 33.0 Å². The Bertz CT molecular complexity index is 2680. The summed E-state index contributed by atoms with van der Waals surface area (Å²) in [6.07, 6.45) is -0.647. The largest absolute Gasteiger partial charge is 0.453 e. The van der Waals surface area contributed by atoms with Gasteiger partial charge in [-0.15, -0.1) is 0 Å². The van der Waals surface area contributed by atoms with E-state index in [4.69, 9.17) is 31.0 Å². The molecule has 3 aromatic carbocycles. The number of hydrogen-bond acceptors (Lipinski definition) is 8. The Morgan fingerprint density at radius 2 is 1.51 bits per heavy atom. The lowest BCUT2D eigenvalue weighted by molar-refractivity contribution is -0.138. The first kappa shape index (κ1) is 43.7. The summed E-state index contributed by atoms with van der Waals surface area (Å²) >= 11 is 6.72. The molecule has 1 saturated heterocycles. The van der Waals surface area contributed by atoms with E-state index in [2.05, 4.69) is 34.4 Å². The summed E-state index contributed by atoms with van der Waals surface area (Å²) < 4.78 is 25.8. The summed E-state index contributed by atoms with van der Waals surface area (Å²) in [5.74, 6) is 0.341. The predicted octanol–water partition coefficient (Wildman–Crippen LogP) is 9.05. The lowest BCUT2D eigenvalue weighted by Gasteiger charge is -2.34. The van der Waals surface area contributed by atoms with Gasteiger partial charge in [-0.1, -0.05) is 77.4 Å². The first-order chi connectivity index (χ1) is 29.9. The number of imidazole rings is 2. The summed E-state index contributed by atoms with van der Waals surface area (Å²) in [7, 11) is 2.53. The lowest BCUT2D eigenvalue weighted by atomic mass is 9.99. The molecule has 3 aliphatic rings. The number of likely N-dealkylation sites (tertiary alicyclic amines) is 1. The quantitative estimate of drug-likeness (QED) is 0.0960. The van der Waals surface area contributed by atoms with E-state index in [1.165, 1.54) is 25.9 Å². The average molecular weight is 881 g/mol. The fourth-order valence-corrected chi connectivity index (χ4v) is 9.64. The zero-order chi connectivity index (χ0) is 45.3. The van der Waals surface area contributed by atoms with Gasteiger partial charge in [0.05, 0.1) is 37.3 Å². The number of alkyl carbamates (subject to hydrolysis) is 2. The number of carbonyl (C=O) groups excluding carboxylic acids is 4. The number of halogens is 2. The van der Waals surface area contributed by atoms with Gasteiger partial charge >= 0.3 is 12.2 Å². The van der Waals surface area contributed by atoms with Crippen molar-refractivity contribution >= 4 is 57.4 Å². The van der Waals surface area contributed by atoms with Crippen molar-refractivity contribution in [3.05, 3.63) is 82.4 Å². The van der Waals surface area contributed by atoms with Crippen LogP contribution in [0, 0.1) is 35.4 Å². The first-order valence-electron chi connectivity index (χ1n) is 21.5. The Kier molecular flexibility index (Phi) is 11.5. The van der Waals surface area contributed by atoms with Crippen LogP contribution < -0.4 is 10.6 Å². The maximum Gasteiger partial charge on any atom is 0.407 e. The molecule has 5 aromatic rings. The van der Waals surface area contributed by atoms with E-state index >= 15 is 4.39 Å². The van der Waals surface area contributed by atoms with Gasteiger partial charge in [-0.2, -0.15) is 0 Å². The standard InChI is InChI=1S/C47H54ClFN8O6/c1-20(2)35(53-46(60)62-9)44(58)56(39-22(5)23(39)6)25(8)42-52-38(41(48)55-42)30-15-12-27(18-32(30)49)26-11-14-29-28(17-26)13-16-33-37(29)51-43(50-33)34-19-31-24(7)40(31)57(34)45(59)36(21(3)4)54-47(61)63-10/h11-18,20-23,25,31,34-36,39H,19H2,1-10H3,(H,50,51)(H,52,55)(H,53,60)(H,54,61)/t22-,23+,25-,31-,34-,35-,36-,39?/m0/s1. The number of nitrogens with zero attached hydrogens (tertiary/aromatic N) is 4. The van der Waals surface area contributed by atoms with Crippen LogP contribution in [0.4, 0.5) is 14.0 Å². The van der Waals surface area contributed by atoms with Crippen LogP contribution >= 0.6 is 11.6 Å². The van der Waals surface area contributed by atoms with Gasteiger partial charge in [0, 0.05) is 28.6 Å². The number of H-pyrrole nitrogens is 2. The molecule has 3 heterocycles. The number of allylic oxidation sites excluding steroid dienone is 2. The number of amides is 4. The van der Waals surface area contributed by atoms with Gasteiger partial charge < -0.3 is 39.9 Å². The Labute approximate surface area is 370 Å². The van der Waals surface area contributed by atoms with Crippen LogP contribution in [0.2, 0.25) is 5.15 Å². The third-order valence-corrected chi connectivity index (χ3v) is 13.7. The Morgan fingerprint density at radius 3 is 2.13 bits per heavy atom. The van der Waals surface area contributed by atoms with E-state index < -0.39 is 36.1 Å². The third-order valence-electron chi connectivity index (χ3n) is 13.4. The summed E-state index contributed by atoms with van der Waals surface area (Å²) in [6, 6.07) is 12.2. The van der Waals surface area contributed by atoms with Crippen molar-refractivity contribution in [2.75, 3.05) is 14.2 Å². The van der Waals surface area contributed by atoms with Gasteiger partial charge in [-0.25, -0.2) is 23.9 Å². The molecule has 1 unspecified atom stereocenters. The van der Waals surface area contributed by atoms with Crippen molar-refractivity contribution in [1.82, 2.24) is 40.4 Å². The highest BCUT2D eigenvalue weighted by molar-refractivity contribution is 6.32. The highest BCUT2D eigenvalue weighted by Gasteiger charge is 2.54. The number of benzene rings is 3. The van der Waals surface area contributed by atoms with Crippen molar-refractivity contribution in [2.24, 2.45) is 29.6 Å². The molecular weight excluding hydrogens is 827 g/mol. The molecule has 0 bridgehead atoms. The van der Waals surface area contributed by atoms with Crippen LogP contribution in [0.25, 0.3) is 44.2 Å². The van der Waals surface area contributed by atoms with Crippen LogP contribution in [0.1, 0.15) is 85.5 Å². The monoisotopic (exact) mass is 880 g/mol. The number of carbonyl (C=O) groups is 4. The molecule has 16 heteroatoms. The van der Waals surface area contributed by atoms with E-state index in [1.54, 1.807) is 15.9 Å². The number of fused-ring (bicyclic) bond motifs is 4. The molecule has 2 fully saturated rings. The SMILES string of the molecule is COC(=O)N[C@H](C(=O)N1C2=C(C)[C@@H]2C[C@H]1c1nc2c(ccc3cc(-c4ccc(-c5nc([C@H](C)N(C(=O)[C@@H](NC(=O)OC)C(C)C)C6[C@@H](C)[C@H]6C)[nH]c5Cl)c(F)c4)ccc32)[nH]1)C(C)C. The average Bonchev–Trinajstić information content (AvgIpc) is 3.73. The van der Waals surface area contributed by atoms with Crippen molar-refractivity contribution in [3.8, 4) is 22.4 Å². The van der Waals surface area contributed by atoms with Crippen LogP contribution in [0.15, 0.2) is 59.8 Å². The maximum atomic E-state index is 16.2. The predicted molar refractivity (Wildman–Crippen MR) is 238 cm³/mol. The normalized spacial score (nSPS) is 21.7. The Morgan fingerprint density at radius 1 is 0.873 bits per heavy atom. The molecule has 1 aliphatic heterocycles. The summed E-state index contributed by atoms with van der Waals surface area (Å²) in [4.78, 5) is 72.5. The van der Waals surface area contributed by atoms with Crippen LogP contribution in [-0.4, -0.2) is 86.1 Å². The van der Waals surface area contributed by atoms with Gasteiger partial charge in [-0.3, -0.25) is 9.59 Å². The van der Waals surface area contributed by atoms with E-state index in [0.717, 1.165) is 33.1 Å². The Hall–Kier alpha value is -5.96. The van der Waals surface area contributed by atoms with Crippen LogP contribution in [0.3, 0.4) is 0 Å². The molecule has 2 aliphatic carbocycles. The summed E-state index contributed by atoms with van der Waals surface area (Å²) in [5, 5.41) is 7.35. The second-order valence-corrected chi connectivity index (χ2v) is 18.3. The highest BCUT2D eigenvalue weighted by atomic mass is 35.5. The zero-order valence-electron chi connectivity index (χ0n) is 37.1. The number of hydrogen-bond donors (Lipinski definition) is 4. The molecule has 4 amide bonds. The summed E-state index contributed by atoms with van der Waals surface area (Å²) in [6.45, 7) is 15.5.